The summed E-state index contributed by atoms with van der Waals surface area (Å²) in [7, 11) is 0. The van der Waals surface area contributed by atoms with Crippen molar-refractivity contribution in [1.29, 1.82) is 0 Å². The number of hydrogen-bond donors (Lipinski definition) is 2. The highest BCUT2D eigenvalue weighted by Crippen LogP contribution is 2.44. The average Bonchev–Trinajstić information content (AvgIpc) is 3.36. The molecule has 31 heavy (non-hydrogen) atoms. The Morgan fingerprint density at radius 1 is 1.13 bits per heavy atom. The lowest BCUT2D eigenvalue weighted by Crippen LogP contribution is -2.66. The van der Waals surface area contributed by atoms with Crippen molar-refractivity contribution in [1.82, 2.24) is 15.5 Å². The van der Waals surface area contributed by atoms with Crippen molar-refractivity contribution < 1.29 is 32.2 Å². The Morgan fingerprint density at radius 2 is 1.77 bits per heavy atom. The van der Waals surface area contributed by atoms with E-state index < -0.39 is 18.1 Å². The standard InChI is InChI=1S/C19H20F3N3O4S.ClH/c20-18(21,22)19(28-14-4-1-2-5-15(14)29-19)24-17(26)23-12-13(16-6-3-11-30-16)25-7-9-27-10-8-25;/h1-6,11,13H,7-10,12H2,(H2,23,24,26);1H. The number of alkyl halides is 3. The summed E-state index contributed by atoms with van der Waals surface area (Å²) in [5.41, 5.74) is 0. The van der Waals surface area contributed by atoms with Gasteiger partial charge in [-0.1, -0.05) is 18.2 Å². The number of rotatable bonds is 5. The summed E-state index contributed by atoms with van der Waals surface area (Å²) in [5.74, 6) is -3.47. The fraction of sp³-hybridized carbons (Fsp3) is 0.421. The minimum absolute atomic E-state index is 0. The van der Waals surface area contributed by atoms with Crippen molar-refractivity contribution >= 4 is 29.8 Å². The number of para-hydroxylation sites is 2. The summed E-state index contributed by atoms with van der Waals surface area (Å²) >= 11 is 1.52. The second-order valence-corrected chi connectivity index (χ2v) is 7.76. The highest BCUT2D eigenvalue weighted by molar-refractivity contribution is 7.10. The van der Waals surface area contributed by atoms with Crippen LogP contribution < -0.4 is 20.1 Å². The van der Waals surface area contributed by atoms with Crippen molar-refractivity contribution in [3.63, 3.8) is 0 Å². The molecule has 0 radical (unpaired) electrons. The molecule has 2 aliphatic rings. The zero-order valence-electron chi connectivity index (χ0n) is 16.2. The smallest absolute Gasteiger partial charge is 0.424 e. The first-order valence-corrected chi connectivity index (χ1v) is 10.2. The van der Waals surface area contributed by atoms with Gasteiger partial charge in [0.1, 0.15) is 0 Å². The van der Waals surface area contributed by atoms with E-state index in [-0.39, 0.29) is 36.5 Å². The first-order chi connectivity index (χ1) is 14.4. The summed E-state index contributed by atoms with van der Waals surface area (Å²) in [6.07, 6.45) is -5.00. The third-order valence-electron chi connectivity index (χ3n) is 4.82. The highest BCUT2D eigenvalue weighted by Gasteiger charge is 2.65. The van der Waals surface area contributed by atoms with Gasteiger partial charge < -0.3 is 19.5 Å². The van der Waals surface area contributed by atoms with Crippen molar-refractivity contribution in [3.05, 3.63) is 46.7 Å². The van der Waals surface area contributed by atoms with Crippen molar-refractivity contribution in [2.45, 2.75) is 18.1 Å². The SMILES string of the molecule is Cl.O=C(NCC(c1cccs1)N1CCOCC1)NC1(C(F)(F)F)Oc2ccccc2O1. The Bertz CT molecular complexity index is 854. The van der Waals surface area contributed by atoms with Crippen molar-refractivity contribution in [2.75, 3.05) is 32.8 Å². The van der Waals surface area contributed by atoms with E-state index in [1.165, 1.54) is 35.6 Å². The van der Waals surface area contributed by atoms with Crippen LogP contribution in [0, 0.1) is 0 Å². The van der Waals surface area contributed by atoms with Crippen molar-refractivity contribution in [3.8, 4) is 11.5 Å². The summed E-state index contributed by atoms with van der Waals surface area (Å²) in [5, 5.41) is 6.27. The zero-order valence-corrected chi connectivity index (χ0v) is 17.8. The molecule has 2 N–H and O–H groups in total. The Balaban J connectivity index is 0.00000272. The number of halogens is 4. The minimum Gasteiger partial charge on any atom is -0.424 e. The Morgan fingerprint density at radius 3 is 2.32 bits per heavy atom. The molecule has 1 fully saturated rings. The number of fused-ring (bicyclic) bond motifs is 1. The van der Waals surface area contributed by atoms with Gasteiger partial charge in [-0.15, -0.1) is 23.7 Å². The maximum atomic E-state index is 13.7. The molecular weight excluding hydrogens is 459 g/mol. The van der Waals surface area contributed by atoms with E-state index in [0.717, 1.165) is 4.88 Å². The van der Waals surface area contributed by atoms with Gasteiger partial charge >= 0.3 is 18.1 Å². The summed E-state index contributed by atoms with van der Waals surface area (Å²) < 4.78 is 56.6. The number of nitrogens with zero attached hydrogens (tertiary/aromatic N) is 1. The number of benzene rings is 1. The average molecular weight is 480 g/mol. The van der Waals surface area contributed by atoms with Gasteiger partial charge in [-0.2, -0.15) is 13.2 Å². The third kappa shape index (κ3) is 5.00. The number of ether oxygens (including phenoxy) is 3. The van der Waals surface area contributed by atoms with E-state index in [0.29, 0.717) is 26.3 Å². The number of carbonyl (C=O) groups is 1. The number of thiophene rings is 1. The lowest BCUT2D eigenvalue weighted by Gasteiger charge is -2.34. The first-order valence-electron chi connectivity index (χ1n) is 9.33. The maximum Gasteiger partial charge on any atom is 0.492 e. The molecule has 1 unspecified atom stereocenters. The van der Waals surface area contributed by atoms with Crippen LogP contribution >= 0.6 is 23.7 Å². The number of hydrogen-bond acceptors (Lipinski definition) is 6. The number of nitrogens with one attached hydrogen (secondary N) is 2. The number of carbonyl (C=O) groups excluding carboxylic acids is 1. The zero-order chi connectivity index (χ0) is 21.2. The second-order valence-electron chi connectivity index (χ2n) is 6.78. The second kappa shape index (κ2) is 9.51. The fourth-order valence-electron chi connectivity index (χ4n) is 3.35. The van der Waals surface area contributed by atoms with Crippen LogP contribution in [0.25, 0.3) is 0 Å². The van der Waals surface area contributed by atoms with Gasteiger partial charge in [0.05, 0.1) is 19.3 Å². The minimum atomic E-state index is -5.00. The highest BCUT2D eigenvalue weighted by atomic mass is 35.5. The molecule has 1 saturated heterocycles. The van der Waals surface area contributed by atoms with Gasteiger partial charge in [0.25, 0.3) is 0 Å². The molecule has 0 aliphatic carbocycles. The van der Waals surface area contributed by atoms with Gasteiger partial charge in [0, 0.05) is 24.5 Å². The third-order valence-corrected chi connectivity index (χ3v) is 5.80. The van der Waals surface area contributed by atoms with Crippen LogP contribution in [0.3, 0.4) is 0 Å². The molecule has 12 heteroatoms. The van der Waals surface area contributed by atoms with Gasteiger partial charge in [-0.25, -0.2) is 4.79 Å². The van der Waals surface area contributed by atoms with E-state index in [2.05, 4.69) is 10.2 Å². The van der Waals surface area contributed by atoms with Gasteiger partial charge in [0.2, 0.25) is 0 Å². The molecule has 3 heterocycles. The normalized spacial score (nSPS) is 18.7. The van der Waals surface area contributed by atoms with Crippen LogP contribution in [0.5, 0.6) is 11.5 Å². The predicted octanol–water partition coefficient (Wildman–Crippen LogP) is 3.53. The van der Waals surface area contributed by atoms with Gasteiger partial charge in [-0.05, 0) is 23.6 Å². The van der Waals surface area contributed by atoms with Crippen LogP contribution in [0.2, 0.25) is 0 Å². The Kier molecular flexibility index (Phi) is 7.20. The summed E-state index contributed by atoms with van der Waals surface area (Å²) in [6, 6.07) is 8.32. The quantitative estimate of drug-likeness (QED) is 0.686. The molecule has 0 bridgehead atoms. The van der Waals surface area contributed by atoms with Crippen LogP contribution in [-0.4, -0.2) is 55.9 Å². The Hall–Kier alpha value is -2.21. The number of amides is 2. The van der Waals surface area contributed by atoms with Gasteiger partial charge in [-0.3, -0.25) is 10.2 Å². The Labute approximate surface area is 186 Å². The summed E-state index contributed by atoms with van der Waals surface area (Å²) in [4.78, 5) is 15.6. The van der Waals surface area contributed by atoms with Crippen LogP contribution in [0.15, 0.2) is 41.8 Å². The molecule has 2 amide bonds. The molecule has 0 spiro atoms. The molecule has 4 rings (SSSR count). The largest absolute Gasteiger partial charge is 0.492 e. The monoisotopic (exact) mass is 479 g/mol. The molecule has 2 aromatic rings. The van der Waals surface area contributed by atoms with Crippen LogP contribution in [0.1, 0.15) is 10.9 Å². The number of urea groups is 1. The van der Waals surface area contributed by atoms with Crippen molar-refractivity contribution in [2.24, 2.45) is 0 Å². The van der Waals surface area contributed by atoms with E-state index in [4.69, 9.17) is 14.2 Å². The molecule has 2 aliphatic heterocycles. The predicted molar refractivity (Wildman–Crippen MR) is 110 cm³/mol. The molecule has 1 atom stereocenters. The van der Waals surface area contributed by atoms with Gasteiger partial charge in [0.15, 0.2) is 11.5 Å². The van der Waals surface area contributed by atoms with Crippen LogP contribution in [-0.2, 0) is 4.74 Å². The first kappa shape index (κ1) is 23.5. The fourth-order valence-corrected chi connectivity index (χ4v) is 4.21. The topological polar surface area (TPSA) is 72.1 Å². The molecule has 1 aromatic heterocycles. The van der Waals surface area contributed by atoms with E-state index >= 15 is 0 Å². The molecular formula is C19H21ClF3N3O4S. The van der Waals surface area contributed by atoms with Crippen LogP contribution in [0.4, 0.5) is 18.0 Å². The van der Waals surface area contributed by atoms with E-state index in [1.807, 2.05) is 22.8 Å². The number of morpholine rings is 1. The van der Waals surface area contributed by atoms with E-state index in [9.17, 15) is 18.0 Å². The lowest BCUT2D eigenvalue weighted by molar-refractivity contribution is -0.317. The van der Waals surface area contributed by atoms with E-state index in [1.54, 1.807) is 0 Å². The summed E-state index contributed by atoms with van der Waals surface area (Å²) in [6.45, 7) is 2.57. The molecule has 7 nitrogen and oxygen atoms in total. The maximum absolute atomic E-state index is 13.7. The molecule has 0 saturated carbocycles. The molecule has 1 aromatic carbocycles. The molecule has 170 valence electrons. The lowest BCUT2D eigenvalue weighted by atomic mass is 10.2.